The second-order valence-electron chi connectivity index (χ2n) is 5.20. The van der Waals surface area contributed by atoms with E-state index in [1.165, 1.54) is 38.8 Å². The Morgan fingerprint density at radius 1 is 1.11 bits per heavy atom. The van der Waals surface area contributed by atoms with Gasteiger partial charge in [-0.1, -0.05) is 48.8 Å². The Balaban J connectivity index is 2.33. The van der Waals surface area contributed by atoms with Gasteiger partial charge in [-0.15, -0.1) is 0 Å². The van der Waals surface area contributed by atoms with Gasteiger partial charge in [0.25, 0.3) is 0 Å². The Hall–Kier alpha value is -1.96. The molecule has 0 saturated carbocycles. The van der Waals surface area contributed by atoms with Crippen LogP contribution >= 0.6 is 0 Å². The summed E-state index contributed by atoms with van der Waals surface area (Å²) in [5.74, 6) is 0. The Bertz CT molecular complexity index is 740. The molecule has 0 spiro atoms. The molecule has 1 heterocycles. The van der Waals surface area contributed by atoms with Crippen LogP contribution in [-0.4, -0.2) is 12.8 Å². The van der Waals surface area contributed by atoms with Crippen molar-refractivity contribution in [2.45, 2.75) is 20.3 Å². The van der Waals surface area contributed by atoms with Gasteiger partial charge in [0.15, 0.2) is 0 Å². The lowest BCUT2D eigenvalue weighted by atomic mass is 9.93. The van der Waals surface area contributed by atoms with Gasteiger partial charge >= 0.3 is 0 Å². The Kier molecular flexibility index (Phi) is 2.94. The minimum Gasteiger partial charge on any atom is -0.354 e. The van der Waals surface area contributed by atoms with Crippen LogP contribution in [0, 0.1) is 6.92 Å². The number of benzene rings is 2. The van der Waals surface area contributed by atoms with Gasteiger partial charge in [-0.3, -0.25) is 0 Å². The molecule has 0 atom stereocenters. The van der Waals surface area contributed by atoms with Crippen LogP contribution in [0.4, 0.5) is 0 Å². The van der Waals surface area contributed by atoms with Crippen LogP contribution in [0.5, 0.6) is 0 Å². The van der Waals surface area contributed by atoms with E-state index in [0.29, 0.717) is 0 Å². The van der Waals surface area contributed by atoms with Gasteiger partial charge in [0.05, 0.1) is 0 Å². The number of hydrogen-bond acceptors (Lipinski definition) is 0. The molecule has 0 radical (unpaired) electrons. The number of aryl methyl sites for hydroxylation is 2. The molecule has 0 aliphatic heterocycles. The number of nitrogens with one attached hydrogen (secondary N) is 1. The summed E-state index contributed by atoms with van der Waals surface area (Å²) < 4.78 is 0. The molecule has 0 fully saturated rings. The summed E-state index contributed by atoms with van der Waals surface area (Å²) >= 11 is 0. The van der Waals surface area contributed by atoms with Crippen molar-refractivity contribution >= 4 is 24.2 Å². The number of rotatable bonds is 2. The maximum atomic E-state index is 3.60. The van der Waals surface area contributed by atoms with E-state index in [-0.39, 0.29) is 0 Å². The van der Waals surface area contributed by atoms with Crippen LogP contribution in [0.2, 0.25) is 0 Å². The van der Waals surface area contributed by atoms with Crippen LogP contribution in [0.1, 0.15) is 18.1 Å². The first-order chi connectivity index (χ1) is 9.20. The normalized spacial score (nSPS) is 11.1. The lowest BCUT2D eigenvalue weighted by Gasteiger charge is -2.06. The molecule has 1 aromatic heterocycles. The van der Waals surface area contributed by atoms with E-state index in [1.807, 2.05) is 0 Å². The monoisotopic (exact) mass is 247 g/mol. The molecule has 0 amide bonds. The lowest BCUT2D eigenvalue weighted by molar-refractivity contribution is 1.15. The minimum atomic E-state index is 1.05. The maximum absolute atomic E-state index is 3.60. The fourth-order valence-corrected chi connectivity index (χ4v) is 2.81. The first kappa shape index (κ1) is 12.1. The minimum absolute atomic E-state index is 1.05. The molecule has 0 unspecified atom stereocenters. The molecule has 2 heteroatoms. The Morgan fingerprint density at radius 3 is 2.63 bits per heavy atom. The second kappa shape index (κ2) is 4.62. The molecule has 1 nitrogen and oxygen atoms in total. The molecule has 3 rings (SSSR count). The van der Waals surface area contributed by atoms with Gasteiger partial charge in [0.2, 0.25) is 0 Å². The second-order valence-corrected chi connectivity index (χ2v) is 5.20. The third-order valence-corrected chi connectivity index (χ3v) is 3.83. The van der Waals surface area contributed by atoms with Crippen molar-refractivity contribution in [2.75, 3.05) is 0 Å². The molecular formula is C17H18BN. The van der Waals surface area contributed by atoms with Crippen LogP contribution in [-0.2, 0) is 6.42 Å². The van der Waals surface area contributed by atoms with Crippen molar-refractivity contribution in [1.29, 1.82) is 0 Å². The number of fused-ring (bicyclic) bond motifs is 1. The van der Waals surface area contributed by atoms with E-state index in [9.17, 15) is 0 Å². The van der Waals surface area contributed by atoms with Crippen LogP contribution in [0.3, 0.4) is 0 Å². The number of H-pyrrole nitrogens is 1. The van der Waals surface area contributed by atoms with Gasteiger partial charge in [0, 0.05) is 22.2 Å². The summed E-state index contributed by atoms with van der Waals surface area (Å²) in [7, 11) is 2.15. The Labute approximate surface area is 115 Å². The standard InChI is InChI=1S/C17H18BN/c1-3-13-15-10-12(18)8-9-16(15)19-17(13)14-7-5-4-6-11(14)2/h4-10,19H,3,18H2,1-2H3. The predicted molar refractivity (Wildman–Crippen MR) is 86.0 cm³/mol. The fraction of sp³-hybridized carbons (Fsp3) is 0.176. The van der Waals surface area contributed by atoms with Crippen LogP contribution in [0.25, 0.3) is 22.2 Å². The van der Waals surface area contributed by atoms with Crippen molar-refractivity contribution in [3.05, 3.63) is 53.6 Å². The van der Waals surface area contributed by atoms with Crippen molar-refractivity contribution in [3.8, 4) is 11.3 Å². The summed E-state index contributed by atoms with van der Waals surface area (Å²) in [6, 6.07) is 15.2. The van der Waals surface area contributed by atoms with Crippen molar-refractivity contribution in [1.82, 2.24) is 4.98 Å². The molecule has 19 heavy (non-hydrogen) atoms. The molecule has 2 aromatic carbocycles. The Morgan fingerprint density at radius 2 is 1.89 bits per heavy atom. The molecule has 0 aliphatic carbocycles. The summed E-state index contributed by atoms with van der Waals surface area (Å²) in [5.41, 5.74) is 7.89. The van der Waals surface area contributed by atoms with E-state index >= 15 is 0 Å². The molecule has 1 N–H and O–H groups in total. The van der Waals surface area contributed by atoms with E-state index < -0.39 is 0 Å². The molecule has 0 saturated heterocycles. The number of aromatic amines is 1. The average molecular weight is 247 g/mol. The van der Waals surface area contributed by atoms with Gasteiger partial charge in [-0.05, 0) is 30.5 Å². The SMILES string of the molecule is Bc1ccc2[nH]c(-c3ccccc3C)c(CC)c2c1. The van der Waals surface area contributed by atoms with Crippen LogP contribution < -0.4 is 5.46 Å². The molecule has 3 aromatic rings. The maximum Gasteiger partial charge on any atom is 0.139 e. The number of hydrogen-bond donors (Lipinski definition) is 1. The highest BCUT2D eigenvalue weighted by molar-refractivity contribution is 6.33. The van der Waals surface area contributed by atoms with E-state index in [0.717, 1.165) is 6.42 Å². The molecule has 94 valence electrons. The van der Waals surface area contributed by atoms with Crippen molar-refractivity contribution in [3.63, 3.8) is 0 Å². The highest BCUT2D eigenvalue weighted by atomic mass is 14.7. The zero-order valence-electron chi connectivity index (χ0n) is 11.7. The van der Waals surface area contributed by atoms with Crippen molar-refractivity contribution in [2.24, 2.45) is 0 Å². The quantitative estimate of drug-likeness (QED) is 0.670. The largest absolute Gasteiger partial charge is 0.354 e. The highest BCUT2D eigenvalue weighted by Gasteiger charge is 2.12. The molecule has 0 bridgehead atoms. The van der Waals surface area contributed by atoms with Gasteiger partial charge in [0.1, 0.15) is 7.85 Å². The van der Waals surface area contributed by atoms with Gasteiger partial charge in [-0.2, -0.15) is 0 Å². The topological polar surface area (TPSA) is 15.8 Å². The van der Waals surface area contributed by atoms with E-state index in [2.05, 4.69) is 69.1 Å². The van der Waals surface area contributed by atoms with Gasteiger partial charge < -0.3 is 4.98 Å². The predicted octanol–water partition coefficient (Wildman–Crippen LogP) is 2.96. The first-order valence-corrected chi connectivity index (χ1v) is 6.88. The van der Waals surface area contributed by atoms with E-state index in [4.69, 9.17) is 0 Å². The van der Waals surface area contributed by atoms with Crippen LogP contribution in [0.15, 0.2) is 42.5 Å². The fourth-order valence-electron chi connectivity index (χ4n) is 2.81. The first-order valence-electron chi connectivity index (χ1n) is 6.88. The summed E-state index contributed by atoms with van der Waals surface area (Å²) in [6.07, 6.45) is 1.05. The summed E-state index contributed by atoms with van der Waals surface area (Å²) in [6.45, 7) is 4.40. The smallest absolute Gasteiger partial charge is 0.139 e. The number of aromatic nitrogens is 1. The molecule has 0 aliphatic rings. The summed E-state index contributed by atoms with van der Waals surface area (Å²) in [5, 5.41) is 1.36. The van der Waals surface area contributed by atoms with Gasteiger partial charge in [-0.25, -0.2) is 0 Å². The third kappa shape index (κ3) is 1.97. The van der Waals surface area contributed by atoms with E-state index in [1.54, 1.807) is 0 Å². The zero-order chi connectivity index (χ0) is 13.4. The zero-order valence-corrected chi connectivity index (χ0v) is 11.7. The van der Waals surface area contributed by atoms with Crippen molar-refractivity contribution < 1.29 is 0 Å². The molecular weight excluding hydrogens is 229 g/mol. The summed E-state index contributed by atoms with van der Waals surface area (Å²) in [4.78, 5) is 3.60. The average Bonchev–Trinajstić information content (AvgIpc) is 2.76. The third-order valence-electron chi connectivity index (χ3n) is 3.83. The highest BCUT2D eigenvalue weighted by Crippen LogP contribution is 2.31. The lowest BCUT2D eigenvalue weighted by Crippen LogP contribution is -1.99.